The average molecular weight is 450 g/mol. The first-order valence-corrected chi connectivity index (χ1v) is 9.46. The highest BCUT2D eigenvalue weighted by molar-refractivity contribution is 9.10. The molecule has 28 heavy (non-hydrogen) atoms. The fourth-order valence-corrected chi connectivity index (χ4v) is 2.96. The van der Waals surface area contributed by atoms with E-state index >= 15 is 0 Å². The molecule has 0 bridgehead atoms. The van der Waals surface area contributed by atoms with Gasteiger partial charge < -0.3 is 19.5 Å². The number of benzene rings is 2. The number of hydrogen-bond acceptors (Lipinski definition) is 6. The van der Waals surface area contributed by atoms with Gasteiger partial charge in [0.1, 0.15) is 6.04 Å². The van der Waals surface area contributed by atoms with E-state index in [0.29, 0.717) is 29.2 Å². The number of nitrogens with one attached hydrogen (secondary N) is 2. The number of methoxy groups -OCH3 is 3. The van der Waals surface area contributed by atoms with Crippen molar-refractivity contribution in [3.63, 3.8) is 0 Å². The number of nitrogens with zero attached hydrogens (tertiary/aromatic N) is 1. The molecule has 2 aromatic rings. The molecular formula is C20H24BrN3O4. The van der Waals surface area contributed by atoms with Crippen LogP contribution < -0.4 is 25.0 Å². The third-order valence-corrected chi connectivity index (χ3v) is 4.46. The Bertz CT molecular complexity index is 817. The monoisotopic (exact) mass is 449 g/mol. The van der Waals surface area contributed by atoms with Crippen LogP contribution in [-0.4, -0.2) is 39.5 Å². The minimum Gasteiger partial charge on any atom is -0.493 e. The second-order valence-electron chi connectivity index (χ2n) is 5.81. The number of carbonyl (C=O) groups excluding carboxylic acids is 1. The summed E-state index contributed by atoms with van der Waals surface area (Å²) in [5, 5.41) is 7.25. The molecule has 8 heteroatoms. The lowest BCUT2D eigenvalue weighted by Crippen LogP contribution is -2.36. The van der Waals surface area contributed by atoms with Crippen molar-refractivity contribution in [1.29, 1.82) is 0 Å². The molecule has 0 aliphatic heterocycles. The van der Waals surface area contributed by atoms with E-state index in [1.807, 2.05) is 31.2 Å². The van der Waals surface area contributed by atoms with Crippen LogP contribution in [0.5, 0.6) is 17.2 Å². The molecular weight excluding hydrogens is 426 g/mol. The van der Waals surface area contributed by atoms with Crippen LogP contribution >= 0.6 is 15.9 Å². The normalized spacial score (nSPS) is 11.8. The van der Waals surface area contributed by atoms with Crippen molar-refractivity contribution < 1.29 is 19.0 Å². The van der Waals surface area contributed by atoms with Crippen molar-refractivity contribution in [1.82, 2.24) is 5.43 Å². The Morgan fingerprint density at radius 3 is 2.36 bits per heavy atom. The zero-order chi connectivity index (χ0) is 20.5. The Hall–Kier alpha value is -2.74. The Morgan fingerprint density at radius 2 is 1.82 bits per heavy atom. The van der Waals surface area contributed by atoms with Crippen molar-refractivity contribution in [2.75, 3.05) is 26.6 Å². The molecule has 2 N–H and O–H groups in total. The van der Waals surface area contributed by atoms with E-state index in [4.69, 9.17) is 14.2 Å². The molecule has 150 valence electrons. The number of rotatable bonds is 9. The van der Waals surface area contributed by atoms with Crippen molar-refractivity contribution in [2.24, 2.45) is 5.10 Å². The van der Waals surface area contributed by atoms with Gasteiger partial charge in [-0.05, 0) is 36.8 Å². The molecule has 0 radical (unpaired) electrons. The summed E-state index contributed by atoms with van der Waals surface area (Å²) in [5.41, 5.74) is 4.11. The molecule has 0 aliphatic carbocycles. The third kappa shape index (κ3) is 5.63. The summed E-state index contributed by atoms with van der Waals surface area (Å²) in [5.74, 6) is 1.29. The summed E-state index contributed by atoms with van der Waals surface area (Å²) in [6, 6.07) is 10.7. The number of hydrazone groups is 1. The van der Waals surface area contributed by atoms with Gasteiger partial charge in [0.05, 0.1) is 27.5 Å². The van der Waals surface area contributed by atoms with Gasteiger partial charge in [0.25, 0.3) is 5.91 Å². The van der Waals surface area contributed by atoms with Crippen molar-refractivity contribution >= 4 is 33.7 Å². The zero-order valence-electron chi connectivity index (χ0n) is 16.3. The average Bonchev–Trinajstić information content (AvgIpc) is 2.71. The lowest BCUT2D eigenvalue weighted by molar-refractivity contribution is -0.121. The zero-order valence-corrected chi connectivity index (χ0v) is 17.9. The van der Waals surface area contributed by atoms with E-state index in [0.717, 1.165) is 10.2 Å². The highest BCUT2D eigenvalue weighted by Crippen LogP contribution is 2.37. The lowest BCUT2D eigenvalue weighted by atomic mass is 10.2. The predicted octanol–water partition coefficient (Wildman–Crippen LogP) is 3.82. The molecule has 0 spiro atoms. The standard InChI is InChI=1S/C20H24BrN3O4/c1-5-16(23-15-8-6-7-14(21)11-15)20(25)24-22-12-13-9-17(26-2)19(28-4)18(10-13)27-3/h6-12,16,23H,5H2,1-4H3,(H,24,25)/b22-12+. The summed E-state index contributed by atoms with van der Waals surface area (Å²) >= 11 is 3.42. The number of amides is 1. The Morgan fingerprint density at radius 1 is 1.14 bits per heavy atom. The predicted molar refractivity (Wildman–Crippen MR) is 114 cm³/mol. The SMILES string of the molecule is CCC(Nc1cccc(Br)c1)C(=O)N/N=C/c1cc(OC)c(OC)c(OC)c1. The van der Waals surface area contributed by atoms with E-state index in [-0.39, 0.29) is 5.91 Å². The molecule has 1 amide bonds. The lowest BCUT2D eigenvalue weighted by Gasteiger charge is -2.16. The molecule has 7 nitrogen and oxygen atoms in total. The maximum absolute atomic E-state index is 12.4. The number of hydrogen-bond donors (Lipinski definition) is 2. The highest BCUT2D eigenvalue weighted by atomic mass is 79.9. The molecule has 2 aromatic carbocycles. The van der Waals surface area contributed by atoms with Crippen molar-refractivity contribution in [2.45, 2.75) is 19.4 Å². The van der Waals surface area contributed by atoms with Crippen LogP contribution in [0.15, 0.2) is 46.0 Å². The quantitative estimate of drug-likeness (QED) is 0.449. The molecule has 0 aliphatic rings. The van der Waals surface area contributed by atoms with Crippen molar-refractivity contribution in [3.05, 3.63) is 46.4 Å². The summed E-state index contributed by atoms with van der Waals surface area (Å²) in [6.07, 6.45) is 2.13. The summed E-state index contributed by atoms with van der Waals surface area (Å²) in [7, 11) is 4.62. The maximum atomic E-state index is 12.4. The van der Waals surface area contributed by atoms with Gasteiger partial charge >= 0.3 is 0 Å². The number of carbonyl (C=O) groups is 1. The third-order valence-electron chi connectivity index (χ3n) is 3.97. The Labute approximate surface area is 173 Å². The summed E-state index contributed by atoms with van der Waals surface area (Å²) < 4.78 is 16.9. The largest absolute Gasteiger partial charge is 0.493 e. The van der Waals surface area contributed by atoms with Gasteiger partial charge in [-0.1, -0.05) is 28.9 Å². The van der Waals surface area contributed by atoms with Gasteiger partial charge in [0.15, 0.2) is 11.5 Å². The van der Waals surface area contributed by atoms with Crippen LogP contribution in [-0.2, 0) is 4.79 Å². The molecule has 1 atom stereocenters. The number of anilines is 1. The fourth-order valence-electron chi connectivity index (χ4n) is 2.56. The van der Waals surface area contributed by atoms with E-state index < -0.39 is 6.04 Å². The smallest absolute Gasteiger partial charge is 0.262 e. The molecule has 0 saturated carbocycles. The van der Waals surface area contributed by atoms with Crippen LogP contribution in [0.4, 0.5) is 5.69 Å². The van der Waals surface area contributed by atoms with Gasteiger partial charge in [0.2, 0.25) is 5.75 Å². The number of halogens is 1. The molecule has 0 aromatic heterocycles. The second-order valence-corrected chi connectivity index (χ2v) is 6.72. The van der Waals surface area contributed by atoms with Gasteiger partial charge in [-0.3, -0.25) is 4.79 Å². The molecule has 1 unspecified atom stereocenters. The van der Waals surface area contributed by atoms with E-state index in [1.165, 1.54) is 13.3 Å². The fraction of sp³-hybridized carbons (Fsp3) is 0.300. The first-order chi connectivity index (χ1) is 13.5. The summed E-state index contributed by atoms with van der Waals surface area (Å²) in [4.78, 5) is 12.4. The van der Waals surface area contributed by atoms with Gasteiger partial charge in [0, 0.05) is 15.7 Å². The molecule has 0 heterocycles. The van der Waals surface area contributed by atoms with Crippen molar-refractivity contribution in [3.8, 4) is 17.2 Å². The minimum absolute atomic E-state index is 0.230. The van der Waals surface area contributed by atoms with E-state index in [2.05, 4.69) is 31.8 Å². The van der Waals surface area contributed by atoms with E-state index in [9.17, 15) is 4.79 Å². The Balaban J connectivity index is 2.07. The van der Waals surface area contributed by atoms with Crippen LogP contribution in [0.3, 0.4) is 0 Å². The summed E-state index contributed by atoms with van der Waals surface area (Å²) in [6.45, 7) is 1.93. The Kier molecular flexibility index (Phi) is 8.13. The second kappa shape index (κ2) is 10.6. The number of ether oxygens (including phenoxy) is 3. The molecule has 0 saturated heterocycles. The topological polar surface area (TPSA) is 81.2 Å². The van der Waals surface area contributed by atoms with Crippen LogP contribution in [0, 0.1) is 0 Å². The maximum Gasteiger partial charge on any atom is 0.262 e. The minimum atomic E-state index is -0.411. The van der Waals surface area contributed by atoms with Crippen LogP contribution in [0.1, 0.15) is 18.9 Å². The first kappa shape index (κ1) is 21.6. The van der Waals surface area contributed by atoms with Gasteiger partial charge in [-0.15, -0.1) is 0 Å². The van der Waals surface area contributed by atoms with Gasteiger partial charge in [-0.2, -0.15) is 5.10 Å². The van der Waals surface area contributed by atoms with E-state index in [1.54, 1.807) is 26.4 Å². The van der Waals surface area contributed by atoms with Gasteiger partial charge in [-0.25, -0.2) is 5.43 Å². The van der Waals surface area contributed by atoms with Crippen LogP contribution in [0.2, 0.25) is 0 Å². The molecule has 0 fully saturated rings. The molecule has 2 rings (SSSR count). The highest BCUT2D eigenvalue weighted by Gasteiger charge is 2.16. The van der Waals surface area contributed by atoms with Crippen LogP contribution in [0.25, 0.3) is 0 Å². The first-order valence-electron chi connectivity index (χ1n) is 8.67.